The molecule has 3 aromatic rings. The second-order valence-corrected chi connectivity index (χ2v) is 4.96. The fourth-order valence-electron chi connectivity index (χ4n) is 2.21. The third-order valence-corrected chi connectivity index (χ3v) is 3.43. The number of carbonyl (C=O) groups is 2. The summed E-state index contributed by atoms with van der Waals surface area (Å²) in [4.78, 5) is 23.5. The Kier molecular flexibility index (Phi) is 4.06. The van der Waals surface area contributed by atoms with Crippen LogP contribution in [-0.4, -0.2) is 18.9 Å². The Bertz CT molecular complexity index is 852. The van der Waals surface area contributed by atoms with Gasteiger partial charge in [-0.3, -0.25) is 4.79 Å². The van der Waals surface area contributed by atoms with E-state index in [9.17, 15) is 9.59 Å². The molecule has 23 heavy (non-hydrogen) atoms. The van der Waals surface area contributed by atoms with E-state index in [-0.39, 0.29) is 11.8 Å². The zero-order valence-electron chi connectivity index (χ0n) is 12.5. The van der Waals surface area contributed by atoms with E-state index in [4.69, 9.17) is 4.42 Å². The minimum atomic E-state index is -0.390. The van der Waals surface area contributed by atoms with Crippen molar-refractivity contribution in [1.82, 2.24) is 0 Å². The molecule has 0 N–H and O–H groups in total. The first-order valence-electron chi connectivity index (χ1n) is 7.07. The van der Waals surface area contributed by atoms with Crippen molar-refractivity contribution in [2.75, 3.05) is 7.11 Å². The lowest BCUT2D eigenvalue weighted by Gasteiger charge is -1.99. The monoisotopic (exact) mass is 306 g/mol. The Labute approximate surface area is 133 Å². The van der Waals surface area contributed by atoms with Crippen molar-refractivity contribution < 1.29 is 18.7 Å². The first-order chi connectivity index (χ1) is 11.2. The van der Waals surface area contributed by atoms with Crippen LogP contribution in [0.3, 0.4) is 0 Å². The van der Waals surface area contributed by atoms with Crippen molar-refractivity contribution in [3.8, 4) is 0 Å². The van der Waals surface area contributed by atoms with Crippen LogP contribution in [-0.2, 0) is 4.74 Å². The average Bonchev–Trinajstić information content (AvgIpc) is 3.03. The van der Waals surface area contributed by atoms with Gasteiger partial charge in [0.25, 0.3) is 0 Å². The lowest BCUT2D eigenvalue weighted by molar-refractivity contribution is 0.0600. The van der Waals surface area contributed by atoms with E-state index in [0.717, 1.165) is 10.9 Å². The zero-order valence-corrected chi connectivity index (χ0v) is 12.5. The van der Waals surface area contributed by atoms with Crippen molar-refractivity contribution in [2.45, 2.75) is 0 Å². The summed E-state index contributed by atoms with van der Waals surface area (Å²) in [6.07, 6.45) is 3.13. The molecule has 0 aliphatic rings. The van der Waals surface area contributed by atoms with Gasteiger partial charge in [0, 0.05) is 5.39 Å². The SMILES string of the molecule is COC(=O)c1ccc(C=CC(=O)c2cc3ccccc3o2)cc1. The number of furan rings is 1. The summed E-state index contributed by atoms with van der Waals surface area (Å²) in [6, 6.07) is 16.0. The molecule has 0 saturated heterocycles. The van der Waals surface area contributed by atoms with Gasteiger partial charge in [0.05, 0.1) is 12.7 Å². The number of hydrogen-bond acceptors (Lipinski definition) is 4. The van der Waals surface area contributed by atoms with Gasteiger partial charge in [0.2, 0.25) is 5.78 Å². The van der Waals surface area contributed by atoms with Crippen LogP contribution in [0.2, 0.25) is 0 Å². The van der Waals surface area contributed by atoms with Crippen LogP contribution in [0.5, 0.6) is 0 Å². The Hall–Kier alpha value is -3.14. The molecule has 1 aromatic heterocycles. The predicted molar refractivity (Wildman–Crippen MR) is 87.4 cm³/mol. The first-order valence-corrected chi connectivity index (χ1v) is 7.07. The highest BCUT2D eigenvalue weighted by Crippen LogP contribution is 2.19. The number of benzene rings is 2. The van der Waals surface area contributed by atoms with Crippen LogP contribution >= 0.6 is 0 Å². The number of hydrogen-bond donors (Lipinski definition) is 0. The van der Waals surface area contributed by atoms with Crippen LogP contribution < -0.4 is 0 Å². The maximum atomic E-state index is 12.2. The maximum absolute atomic E-state index is 12.2. The minimum absolute atomic E-state index is 0.210. The Balaban J connectivity index is 1.76. The number of carbonyl (C=O) groups excluding carboxylic acids is 2. The van der Waals surface area contributed by atoms with E-state index in [1.165, 1.54) is 13.2 Å². The summed E-state index contributed by atoms with van der Waals surface area (Å²) in [5, 5.41) is 0.895. The predicted octanol–water partition coefficient (Wildman–Crippen LogP) is 4.12. The summed E-state index contributed by atoms with van der Waals surface area (Å²) < 4.78 is 10.2. The Morgan fingerprint density at radius 3 is 2.48 bits per heavy atom. The molecule has 2 aromatic carbocycles. The number of esters is 1. The first kappa shape index (κ1) is 14.8. The van der Waals surface area contributed by atoms with Gasteiger partial charge in [-0.05, 0) is 35.9 Å². The van der Waals surface area contributed by atoms with Gasteiger partial charge >= 0.3 is 5.97 Å². The van der Waals surface area contributed by atoms with Gasteiger partial charge in [-0.1, -0.05) is 36.4 Å². The molecule has 0 amide bonds. The van der Waals surface area contributed by atoms with Crippen LogP contribution in [0.25, 0.3) is 17.0 Å². The quantitative estimate of drug-likeness (QED) is 0.413. The number of methoxy groups -OCH3 is 1. The van der Waals surface area contributed by atoms with E-state index in [1.807, 2.05) is 24.3 Å². The van der Waals surface area contributed by atoms with Crippen LogP contribution in [0, 0.1) is 0 Å². The smallest absolute Gasteiger partial charge is 0.337 e. The van der Waals surface area contributed by atoms with Crippen LogP contribution in [0.1, 0.15) is 26.5 Å². The van der Waals surface area contributed by atoms with Crippen LogP contribution in [0.15, 0.2) is 65.1 Å². The molecule has 0 saturated carbocycles. The number of para-hydroxylation sites is 1. The van der Waals surface area contributed by atoms with Crippen molar-refractivity contribution in [2.24, 2.45) is 0 Å². The summed E-state index contributed by atoms with van der Waals surface area (Å²) in [5.74, 6) is -0.300. The molecule has 0 atom stereocenters. The molecule has 0 aliphatic heterocycles. The lowest BCUT2D eigenvalue weighted by Crippen LogP contribution is -2.00. The van der Waals surface area contributed by atoms with E-state index in [1.54, 1.807) is 36.4 Å². The third kappa shape index (κ3) is 3.21. The van der Waals surface area contributed by atoms with Gasteiger partial charge in [-0.25, -0.2) is 4.79 Å². The Morgan fingerprint density at radius 2 is 1.78 bits per heavy atom. The molecular formula is C19H14O4. The molecule has 0 fully saturated rings. The molecule has 1 heterocycles. The van der Waals surface area contributed by atoms with Crippen molar-refractivity contribution in [3.05, 3.63) is 77.6 Å². The number of allylic oxidation sites excluding steroid dienone is 1. The van der Waals surface area contributed by atoms with Crippen molar-refractivity contribution in [3.63, 3.8) is 0 Å². The fraction of sp³-hybridized carbons (Fsp3) is 0.0526. The van der Waals surface area contributed by atoms with E-state index in [2.05, 4.69) is 4.74 Å². The number of ketones is 1. The molecule has 0 spiro atoms. The van der Waals surface area contributed by atoms with Gasteiger partial charge in [-0.15, -0.1) is 0 Å². The molecule has 0 bridgehead atoms. The fourth-order valence-corrected chi connectivity index (χ4v) is 2.21. The summed E-state index contributed by atoms with van der Waals surface area (Å²) in [7, 11) is 1.34. The number of rotatable bonds is 4. The summed E-state index contributed by atoms with van der Waals surface area (Å²) >= 11 is 0. The van der Waals surface area contributed by atoms with E-state index >= 15 is 0 Å². The average molecular weight is 306 g/mol. The molecule has 4 nitrogen and oxygen atoms in total. The van der Waals surface area contributed by atoms with Crippen LogP contribution in [0.4, 0.5) is 0 Å². The minimum Gasteiger partial charge on any atom is -0.465 e. The van der Waals surface area contributed by atoms with Gasteiger partial charge < -0.3 is 9.15 Å². The van der Waals surface area contributed by atoms with Crippen molar-refractivity contribution in [1.29, 1.82) is 0 Å². The van der Waals surface area contributed by atoms with E-state index < -0.39 is 0 Å². The maximum Gasteiger partial charge on any atom is 0.337 e. The highest BCUT2D eigenvalue weighted by Gasteiger charge is 2.09. The standard InChI is InChI=1S/C19H14O4/c1-22-19(21)14-9-6-13(7-10-14)8-11-16(20)18-12-15-4-2-3-5-17(15)23-18/h2-12H,1H3. The second-order valence-electron chi connectivity index (χ2n) is 4.96. The normalized spacial score (nSPS) is 11.0. The Morgan fingerprint density at radius 1 is 1.04 bits per heavy atom. The molecule has 3 rings (SSSR count). The molecule has 114 valence electrons. The highest BCUT2D eigenvalue weighted by atomic mass is 16.5. The summed E-state index contributed by atoms with van der Waals surface area (Å²) in [5.41, 5.74) is 1.96. The second kappa shape index (κ2) is 6.32. The zero-order chi connectivity index (χ0) is 16.2. The van der Waals surface area contributed by atoms with Gasteiger partial charge in [-0.2, -0.15) is 0 Å². The lowest BCUT2D eigenvalue weighted by atomic mass is 10.1. The molecule has 4 heteroatoms. The largest absolute Gasteiger partial charge is 0.465 e. The molecular weight excluding hydrogens is 292 g/mol. The molecule has 0 unspecified atom stereocenters. The topological polar surface area (TPSA) is 56.5 Å². The number of ether oxygens (including phenoxy) is 1. The van der Waals surface area contributed by atoms with E-state index in [0.29, 0.717) is 16.9 Å². The number of fused-ring (bicyclic) bond motifs is 1. The van der Waals surface area contributed by atoms with Crippen molar-refractivity contribution >= 4 is 28.8 Å². The van der Waals surface area contributed by atoms with Gasteiger partial charge in [0.1, 0.15) is 5.58 Å². The molecule has 0 radical (unpaired) electrons. The third-order valence-electron chi connectivity index (χ3n) is 3.43. The summed E-state index contributed by atoms with van der Waals surface area (Å²) in [6.45, 7) is 0. The van der Waals surface area contributed by atoms with Gasteiger partial charge in [0.15, 0.2) is 5.76 Å². The highest BCUT2D eigenvalue weighted by molar-refractivity contribution is 6.07. The molecule has 0 aliphatic carbocycles.